The monoisotopic (exact) mass is 324 g/mol. The van der Waals surface area contributed by atoms with Crippen LogP contribution in [0.4, 0.5) is 13.2 Å². The lowest BCUT2D eigenvalue weighted by atomic mass is 9.97. The Kier molecular flexibility index (Phi) is 5.35. The van der Waals surface area contributed by atoms with Crippen LogP contribution in [-0.4, -0.2) is 26.6 Å². The van der Waals surface area contributed by atoms with E-state index in [9.17, 15) is 26.4 Å². The van der Waals surface area contributed by atoms with Crippen LogP contribution < -0.4 is 10.5 Å². The molecule has 0 aromatic heterocycles. The molecule has 0 aliphatic rings. The number of alkyl halides is 3. The summed E-state index contributed by atoms with van der Waals surface area (Å²) in [5.74, 6) is -2.29. The van der Waals surface area contributed by atoms with E-state index >= 15 is 0 Å². The van der Waals surface area contributed by atoms with Crippen molar-refractivity contribution in [2.75, 3.05) is 12.3 Å². The molecule has 21 heavy (non-hydrogen) atoms. The van der Waals surface area contributed by atoms with Gasteiger partial charge in [-0.2, -0.15) is 13.2 Å². The number of hydrogen-bond donors (Lipinski definition) is 2. The average molecular weight is 324 g/mol. The topological polar surface area (TPSA) is 89.3 Å². The summed E-state index contributed by atoms with van der Waals surface area (Å²) in [4.78, 5) is 11.4. The maximum atomic E-state index is 12.6. The Morgan fingerprint density at radius 3 is 2.48 bits per heavy atom. The first-order valence-electron chi connectivity index (χ1n) is 6.00. The molecule has 0 fully saturated rings. The van der Waals surface area contributed by atoms with E-state index in [2.05, 4.69) is 4.72 Å². The first-order valence-corrected chi connectivity index (χ1v) is 7.66. The van der Waals surface area contributed by atoms with Crippen molar-refractivity contribution >= 4 is 15.9 Å². The molecule has 1 amide bonds. The van der Waals surface area contributed by atoms with E-state index in [0.717, 1.165) is 18.2 Å². The van der Waals surface area contributed by atoms with Crippen LogP contribution in [0.2, 0.25) is 0 Å². The summed E-state index contributed by atoms with van der Waals surface area (Å²) < 4.78 is 62.7. The molecule has 1 unspecified atom stereocenters. The summed E-state index contributed by atoms with van der Waals surface area (Å²) in [6, 6.07) is 4.08. The molecule has 1 aromatic rings. The average Bonchev–Trinajstić information content (AvgIpc) is 2.38. The Morgan fingerprint density at radius 1 is 1.38 bits per heavy atom. The second-order valence-electron chi connectivity index (χ2n) is 4.33. The minimum Gasteiger partial charge on any atom is -0.369 e. The van der Waals surface area contributed by atoms with Gasteiger partial charge in [-0.05, 0) is 18.6 Å². The summed E-state index contributed by atoms with van der Waals surface area (Å²) in [5.41, 5.74) is 4.23. The van der Waals surface area contributed by atoms with Crippen molar-refractivity contribution in [3.05, 3.63) is 35.4 Å². The molecule has 0 spiro atoms. The molecule has 0 aliphatic carbocycles. The highest BCUT2D eigenvalue weighted by atomic mass is 32.2. The van der Waals surface area contributed by atoms with Crippen LogP contribution in [0, 0.1) is 0 Å². The minimum absolute atomic E-state index is 0.0103. The molecule has 5 nitrogen and oxygen atoms in total. The molecule has 3 N–H and O–H groups in total. The first kappa shape index (κ1) is 17.4. The number of hydrogen-bond acceptors (Lipinski definition) is 3. The maximum Gasteiger partial charge on any atom is 0.416 e. The van der Waals surface area contributed by atoms with E-state index in [4.69, 9.17) is 5.73 Å². The van der Waals surface area contributed by atoms with Crippen molar-refractivity contribution in [2.45, 2.75) is 19.0 Å². The second-order valence-corrected chi connectivity index (χ2v) is 6.43. The van der Waals surface area contributed by atoms with Gasteiger partial charge in [-0.3, -0.25) is 4.79 Å². The molecule has 0 saturated carbocycles. The number of benzene rings is 1. The van der Waals surface area contributed by atoms with Crippen molar-refractivity contribution in [3.63, 3.8) is 0 Å². The molecule has 1 aromatic carbocycles. The van der Waals surface area contributed by atoms with Gasteiger partial charge >= 0.3 is 6.18 Å². The molecular weight excluding hydrogens is 309 g/mol. The maximum absolute atomic E-state index is 12.6. The highest BCUT2D eigenvalue weighted by molar-refractivity contribution is 7.89. The minimum atomic E-state index is -4.55. The first-order chi connectivity index (χ1) is 9.57. The van der Waals surface area contributed by atoms with Crippen LogP contribution >= 0.6 is 0 Å². The summed E-state index contributed by atoms with van der Waals surface area (Å²) in [5, 5.41) is 0. The lowest BCUT2D eigenvalue weighted by Crippen LogP contribution is -2.35. The quantitative estimate of drug-likeness (QED) is 0.824. The number of nitrogens with two attached hydrogens (primary N) is 1. The predicted octanol–water partition coefficient (Wildman–Crippen LogP) is 1.21. The summed E-state index contributed by atoms with van der Waals surface area (Å²) in [6.07, 6.45) is -4.55. The Hall–Kier alpha value is -1.61. The third-order valence-corrected chi connectivity index (χ3v) is 4.21. The van der Waals surface area contributed by atoms with E-state index in [0.29, 0.717) is 0 Å². The zero-order valence-electron chi connectivity index (χ0n) is 11.1. The number of primary amides is 1. The van der Waals surface area contributed by atoms with Gasteiger partial charge in [-0.1, -0.05) is 18.2 Å². The van der Waals surface area contributed by atoms with Crippen LogP contribution in [0.1, 0.15) is 24.0 Å². The van der Waals surface area contributed by atoms with Crippen molar-refractivity contribution in [2.24, 2.45) is 5.73 Å². The fraction of sp³-hybridized carbons (Fsp3) is 0.417. The van der Waals surface area contributed by atoms with Crippen LogP contribution in [0.15, 0.2) is 24.3 Å². The number of halogens is 3. The van der Waals surface area contributed by atoms with Crippen LogP contribution in [-0.2, 0) is 21.0 Å². The normalized spacial score (nSPS) is 13.9. The Labute approximate surface area is 120 Å². The fourth-order valence-electron chi connectivity index (χ4n) is 1.63. The van der Waals surface area contributed by atoms with E-state index in [1.54, 1.807) is 0 Å². The van der Waals surface area contributed by atoms with Gasteiger partial charge in [0.25, 0.3) is 0 Å². The second kappa shape index (κ2) is 6.44. The number of amides is 1. The smallest absolute Gasteiger partial charge is 0.369 e. The highest BCUT2D eigenvalue weighted by Gasteiger charge is 2.31. The fourth-order valence-corrected chi connectivity index (χ4v) is 2.25. The summed E-state index contributed by atoms with van der Waals surface area (Å²) in [6.45, 7) is 1.01. The predicted molar refractivity (Wildman–Crippen MR) is 70.8 cm³/mol. The van der Waals surface area contributed by atoms with Crippen molar-refractivity contribution < 1.29 is 26.4 Å². The van der Waals surface area contributed by atoms with Gasteiger partial charge in [0.05, 0.1) is 17.2 Å². The molecule has 1 atom stereocenters. The molecule has 0 heterocycles. The summed E-state index contributed by atoms with van der Waals surface area (Å²) in [7, 11) is -3.57. The van der Waals surface area contributed by atoms with Gasteiger partial charge in [0.1, 0.15) is 0 Å². The Bertz CT molecular complexity index is 614. The Morgan fingerprint density at radius 2 is 2.00 bits per heavy atom. The van der Waals surface area contributed by atoms with Gasteiger partial charge in [0.15, 0.2) is 0 Å². The molecule has 0 radical (unpaired) electrons. The Balaban J connectivity index is 3.05. The number of nitrogens with one attached hydrogen (secondary N) is 1. The number of carbonyl (C=O) groups is 1. The van der Waals surface area contributed by atoms with Crippen LogP contribution in [0.25, 0.3) is 0 Å². The third-order valence-electron chi connectivity index (χ3n) is 2.85. The van der Waals surface area contributed by atoms with E-state index in [1.807, 2.05) is 0 Å². The third kappa shape index (κ3) is 5.01. The summed E-state index contributed by atoms with van der Waals surface area (Å²) >= 11 is 0. The number of carbonyl (C=O) groups excluding carboxylic acids is 1. The molecular formula is C12H15F3N2O3S. The molecule has 118 valence electrons. The molecule has 0 bridgehead atoms. The van der Waals surface area contributed by atoms with Gasteiger partial charge in [-0.15, -0.1) is 0 Å². The standard InChI is InChI=1S/C12H15F3N2O3S/c1-2-21(19,20)17-7-10(11(16)18)8-4-3-5-9(6-8)12(13,14)15/h3-6,10,17H,2,7H2,1H3,(H2,16,18). The van der Waals surface area contributed by atoms with Gasteiger partial charge in [-0.25, -0.2) is 13.1 Å². The number of sulfonamides is 1. The SMILES string of the molecule is CCS(=O)(=O)NCC(C(N)=O)c1cccc(C(F)(F)F)c1. The van der Waals surface area contributed by atoms with Crippen LogP contribution in [0.5, 0.6) is 0 Å². The number of rotatable bonds is 6. The van der Waals surface area contributed by atoms with Gasteiger partial charge in [0.2, 0.25) is 15.9 Å². The van der Waals surface area contributed by atoms with E-state index in [-0.39, 0.29) is 17.9 Å². The zero-order valence-corrected chi connectivity index (χ0v) is 12.0. The van der Waals surface area contributed by atoms with Gasteiger partial charge in [0, 0.05) is 6.54 Å². The van der Waals surface area contributed by atoms with Crippen LogP contribution in [0.3, 0.4) is 0 Å². The van der Waals surface area contributed by atoms with Crippen molar-refractivity contribution in [3.8, 4) is 0 Å². The highest BCUT2D eigenvalue weighted by Crippen LogP contribution is 2.31. The van der Waals surface area contributed by atoms with E-state index < -0.39 is 33.6 Å². The lowest BCUT2D eigenvalue weighted by Gasteiger charge is -2.16. The van der Waals surface area contributed by atoms with Crippen molar-refractivity contribution in [1.82, 2.24) is 4.72 Å². The largest absolute Gasteiger partial charge is 0.416 e. The van der Waals surface area contributed by atoms with Gasteiger partial charge < -0.3 is 5.73 Å². The molecule has 1 rings (SSSR count). The van der Waals surface area contributed by atoms with Crippen molar-refractivity contribution in [1.29, 1.82) is 0 Å². The van der Waals surface area contributed by atoms with E-state index in [1.165, 1.54) is 13.0 Å². The zero-order chi connectivity index (χ0) is 16.3. The molecule has 9 heteroatoms. The lowest BCUT2D eigenvalue weighted by molar-refractivity contribution is -0.137. The molecule has 0 aliphatic heterocycles. The molecule has 0 saturated heterocycles.